The van der Waals surface area contributed by atoms with Gasteiger partial charge in [-0.2, -0.15) is 5.26 Å². The van der Waals surface area contributed by atoms with Gasteiger partial charge in [-0.15, -0.1) is 0 Å². The van der Waals surface area contributed by atoms with E-state index in [1.807, 2.05) is 6.07 Å². The van der Waals surface area contributed by atoms with Gasteiger partial charge >= 0.3 is 0 Å². The molecule has 4 heteroatoms. The summed E-state index contributed by atoms with van der Waals surface area (Å²) in [7, 11) is -1.23. The van der Waals surface area contributed by atoms with E-state index in [9.17, 15) is 0 Å². The lowest BCUT2D eigenvalue weighted by Gasteiger charge is -2.17. The number of halogens is 1. The summed E-state index contributed by atoms with van der Waals surface area (Å²) < 4.78 is 0. The molecule has 2 aromatic rings. The summed E-state index contributed by atoms with van der Waals surface area (Å²) in [6, 6.07) is 16.2. The van der Waals surface area contributed by atoms with E-state index in [1.54, 1.807) is 12.1 Å². The summed E-state index contributed by atoms with van der Waals surface area (Å²) in [4.78, 5) is 0. The largest absolute Gasteiger partial charge is 0.380 e. The molecule has 2 aromatic carbocycles. The Morgan fingerprint density at radius 1 is 1.10 bits per heavy atom. The molecule has 0 bridgehead atoms. The van der Waals surface area contributed by atoms with Crippen LogP contribution in [0.3, 0.4) is 0 Å². The van der Waals surface area contributed by atoms with Crippen LogP contribution in [0.1, 0.15) is 11.1 Å². The molecule has 0 heterocycles. The zero-order valence-corrected chi connectivity index (χ0v) is 14.3. The number of nitriles is 1. The Morgan fingerprint density at radius 2 is 1.76 bits per heavy atom. The molecule has 0 aromatic heterocycles. The highest BCUT2D eigenvalue weighted by molar-refractivity contribution is 6.88. The summed E-state index contributed by atoms with van der Waals surface area (Å²) in [6.07, 6.45) is 0. The molecule has 2 nitrogen and oxygen atoms in total. The van der Waals surface area contributed by atoms with Gasteiger partial charge in [-0.25, -0.2) is 0 Å². The van der Waals surface area contributed by atoms with Gasteiger partial charge in [0.05, 0.1) is 30.4 Å². The van der Waals surface area contributed by atoms with Gasteiger partial charge in [-0.05, 0) is 23.8 Å². The Morgan fingerprint density at radius 3 is 2.29 bits per heavy atom. The first-order valence-electron chi connectivity index (χ1n) is 6.93. The van der Waals surface area contributed by atoms with E-state index < -0.39 is 8.07 Å². The van der Waals surface area contributed by atoms with Gasteiger partial charge in [0.2, 0.25) is 0 Å². The van der Waals surface area contributed by atoms with E-state index in [0.29, 0.717) is 10.6 Å². The highest BCUT2D eigenvalue weighted by atomic mass is 35.5. The van der Waals surface area contributed by atoms with Crippen LogP contribution in [-0.2, 0) is 6.54 Å². The summed E-state index contributed by atoms with van der Waals surface area (Å²) in [6.45, 7) is 7.75. The highest BCUT2D eigenvalue weighted by Gasteiger charge is 2.15. The number of anilines is 1. The molecule has 0 radical (unpaired) electrons. The number of nitrogens with zero attached hydrogens (tertiary/aromatic N) is 1. The van der Waals surface area contributed by atoms with Gasteiger partial charge in [0, 0.05) is 6.54 Å². The van der Waals surface area contributed by atoms with Crippen molar-refractivity contribution >= 4 is 30.5 Å². The molecule has 1 N–H and O–H groups in total. The molecule has 2 rings (SSSR count). The Hall–Kier alpha value is -1.76. The standard InChI is InChI=1S/C17H19ClN2Si/c1-21(2,3)15-7-4-13(5-8-15)12-20-17-9-6-14(11-19)10-16(17)18/h4-10,20H,12H2,1-3H3. The summed E-state index contributed by atoms with van der Waals surface area (Å²) in [5.74, 6) is 0. The Kier molecular flexibility index (Phi) is 4.72. The maximum Gasteiger partial charge on any atom is 0.0992 e. The van der Waals surface area contributed by atoms with Crippen molar-refractivity contribution in [3.8, 4) is 6.07 Å². The smallest absolute Gasteiger partial charge is 0.0992 e. The van der Waals surface area contributed by atoms with Gasteiger partial charge in [-0.3, -0.25) is 0 Å². The third kappa shape index (κ3) is 4.10. The van der Waals surface area contributed by atoms with Crippen molar-refractivity contribution in [3.05, 3.63) is 58.6 Å². The van der Waals surface area contributed by atoms with Crippen molar-refractivity contribution in [1.82, 2.24) is 0 Å². The van der Waals surface area contributed by atoms with Gasteiger partial charge in [-0.1, -0.05) is 60.7 Å². The fraction of sp³-hybridized carbons (Fsp3) is 0.235. The van der Waals surface area contributed by atoms with E-state index >= 15 is 0 Å². The van der Waals surface area contributed by atoms with Crippen molar-refractivity contribution in [1.29, 1.82) is 5.26 Å². The van der Waals surface area contributed by atoms with Gasteiger partial charge < -0.3 is 5.32 Å². The summed E-state index contributed by atoms with van der Waals surface area (Å²) >= 11 is 6.15. The number of benzene rings is 2. The zero-order valence-electron chi connectivity index (χ0n) is 12.6. The summed E-state index contributed by atoms with van der Waals surface area (Å²) in [5, 5.41) is 14.2. The van der Waals surface area contributed by atoms with E-state index in [1.165, 1.54) is 10.8 Å². The topological polar surface area (TPSA) is 35.8 Å². The Balaban J connectivity index is 2.05. The molecule has 0 unspecified atom stereocenters. The second-order valence-electron chi connectivity index (χ2n) is 6.11. The van der Waals surface area contributed by atoms with Crippen LogP contribution in [0.25, 0.3) is 0 Å². The monoisotopic (exact) mass is 314 g/mol. The minimum atomic E-state index is -1.23. The molecule has 0 amide bonds. The fourth-order valence-corrected chi connectivity index (χ4v) is 3.46. The maximum absolute atomic E-state index is 8.83. The lowest BCUT2D eigenvalue weighted by atomic mass is 10.2. The number of hydrogen-bond donors (Lipinski definition) is 1. The first-order valence-corrected chi connectivity index (χ1v) is 10.8. The second kappa shape index (κ2) is 6.34. The van der Waals surface area contributed by atoms with Crippen molar-refractivity contribution in [2.24, 2.45) is 0 Å². The molecule has 0 aliphatic heterocycles. The Labute approximate surface area is 132 Å². The van der Waals surface area contributed by atoms with Gasteiger partial charge in [0.15, 0.2) is 0 Å². The third-order valence-electron chi connectivity index (χ3n) is 3.40. The van der Waals surface area contributed by atoms with E-state index in [2.05, 4.69) is 55.3 Å². The van der Waals surface area contributed by atoms with Crippen LogP contribution in [0.5, 0.6) is 0 Å². The fourth-order valence-electron chi connectivity index (χ4n) is 2.05. The first-order chi connectivity index (χ1) is 9.90. The number of rotatable bonds is 4. The molecular weight excluding hydrogens is 296 g/mol. The number of nitrogens with one attached hydrogen (secondary N) is 1. The molecule has 21 heavy (non-hydrogen) atoms. The molecule has 0 aliphatic rings. The second-order valence-corrected chi connectivity index (χ2v) is 11.6. The van der Waals surface area contributed by atoms with Crippen LogP contribution < -0.4 is 10.5 Å². The van der Waals surface area contributed by atoms with E-state index in [4.69, 9.17) is 16.9 Å². The average Bonchev–Trinajstić information content (AvgIpc) is 2.45. The van der Waals surface area contributed by atoms with Crippen molar-refractivity contribution in [3.63, 3.8) is 0 Å². The van der Waals surface area contributed by atoms with Crippen LogP contribution >= 0.6 is 11.6 Å². The third-order valence-corrected chi connectivity index (χ3v) is 5.78. The number of hydrogen-bond acceptors (Lipinski definition) is 2. The van der Waals surface area contributed by atoms with E-state index in [0.717, 1.165) is 12.2 Å². The molecule has 0 saturated heterocycles. The van der Waals surface area contributed by atoms with E-state index in [-0.39, 0.29) is 0 Å². The van der Waals surface area contributed by atoms with Crippen molar-refractivity contribution < 1.29 is 0 Å². The first kappa shape index (κ1) is 15.6. The highest BCUT2D eigenvalue weighted by Crippen LogP contribution is 2.23. The average molecular weight is 315 g/mol. The van der Waals surface area contributed by atoms with Crippen molar-refractivity contribution in [2.45, 2.75) is 26.2 Å². The maximum atomic E-state index is 8.83. The lowest BCUT2D eigenvalue weighted by molar-refractivity contribution is 1.15. The Bertz CT molecular complexity index is 667. The lowest BCUT2D eigenvalue weighted by Crippen LogP contribution is -2.37. The van der Waals surface area contributed by atoms with Crippen LogP contribution in [0.15, 0.2) is 42.5 Å². The van der Waals surface area contributed by atoms with Crippen molar-refractivity contribution in [2.75, 3.05) is 5.32 Å². The minimum absolute atomic E-state index is 0.574. The van der Waals surface area contributed by atoms with Gasteiger partial charge in [0.1, 0.15) is 0 Å². The van der Waals surface area contributed by atoms with Crippen LogP contribution in [0, 0.1) is 11.3 Å². The van der Waals surface area contributed by atoms with Gasteiger partial charge in [0.25, 0.3) is 0 Å². The normalized spacial score (nSPS) is 11.0. The molecule has 0 aliphatic carbocycles. The molecule has 0 spiro atoms. The quantitative estimate of drug-likeness (QED) is 0.851. The molecule has 0 fully saturated rings. The predicted molar refractivity (Wildman–Crippen MR) is 92.9 cm³/mol. The predicted octanol–water partition coefficient (Wildman–Crippen LogP) is 4.37. The molecular formula is C17H19ClN2Si. The summed E-state index contributed by atoms with van der Waals surface area (Å²) in [5.41, 5.74) is 2.65. The van der Waals surface area contributed by atoms with Crippen LogP contribution in [0.4, 0.5) is 5.69 Å². The van der Waals surface area contributed by atoms with Crippen LogP contribution in [-0.4, -0.2) is 8.07 Å². The molecule has 108 valence electrons. The zero-order chi connectivity index (χ0) is 15.5. The minimum Gasteiger partial charge on any atom is -0.380 e. The van der Waals surface area contributed by atoms with Crippen LogP contribution in [0.2, 0.25) is 24.7 Å². The molecule has 0 atom stereocenters. The SMILES string of the molecule is C[Si](C)(C)c1ccc(CNc2ccc(C#N)cc2Cl)cc1. The molecule has 0 saturated carbocycles.